The highest BCUT2D eigenvalue weighted by atomic mass is 16.2. The summed E-state index contributed by atoms with van der Waals surface area (Å²) in [6.07, 6.45) is 4.17. The van der Waals surface area contributed by atoms with Gasteiger partial charge in [-0.2, -0.15) is 0 Å². The van der Waals surface area contributed by atoms with Crippen molar-refractivity contribution in [3.8, 4) is 0 Å². The van der Waals surface area contributed by atoms with E-state index in [4.69, 9.17) is 0 Å². The molecule has 136 valence electrons. The van der Waals surface area contributed by atoms with Crippen molar-refractivity contribution in [1.82, 2.24) is 19.5 Å². The predicted octanol–water partition coefficient (Wildman–Crippen LogP) is 0.314. The maximum absolute atomic E-state index is 11.9. The lowest BCUT2D eigenvalue weighted by atomic mass is 10.0. The molecule has 5 rings (SSSR count). The Morgan fingerprint density at radius 3 is 2.35 bits per heavy atom. The minimum Gasteiger partial charge on any atom is -0.357 e. The molecule has 2 saturated heterocycles. The molecule has 8 nitrogen and oxygen atoms in total. The van der Waals surface area contributed by atoms with Gasteiger partial charge >= 0.3 is 5.69 Å². The van der Waals surface area contributed by atoms with Crippen LogP contribution in [-0.2, 0) is 7.05 Å². The van der Waals surface area contributed by atoms with Gasteiger partial charge in [0, 0.05) is 68.8 Å². The third-order valence-electron chi connectivity index (χ3n) is 5.95. The van der Waals surface area contributed by atoms with Crippen molar-refractivity contribution >= 4 is 11.6 Å². The Balaban J connectivity index is 1.31. The Hall–Kier alpha value is -2.64. The van der Waals surface area contributed by atoms with Crippen molar-refractivity contribution in [3.63, 3.8) is 0 Å². The van der Waals surface area contributed by atoms with E-state index in [0.29, 0.717) is 23.6 Å². The van der Waals surface area contributed by atoms with Crippen molar-refractivity contribution in [1.29, 1.82) is 0 Å². The third kappa shape index (κ3) is 2.60. The number of rotatable bonds is 3. The molecular weight excluding hydrogens is 332 g/mol. The van der Waals surface area contributed by atoms with Crippen LogP contribution in [0.1, 0.15) is 24.5 Å². The zero-order valence-corrected chi connectivity index (χ0v) is 14.8. The molecule has 0 radical (unpaired) electrons. The number of hydrogen-bond acceptors (Lipinski definition) is 6. The lowest BCUT2D eigenvalue weighted by molar-refractivity contribution is 0.533. The van der Waals surface area contributed by atoms with Gasteiger partial charge in [-0.25, -0.2) is 14.8 Å². The van der Waals surface area contributed by atoms with E-state index in [0.717, 1.165) is 36.6 Å². The van der Waals surface area contributed by atoms with E-state index in [1.54, 1.807) is 6.33 Å². The number of nitrogens with one attached hydrogen (secondary N) is 1. The Kier molecular flexibility index (Phi) is 3.41. The highest BCUT2D eigenvalue weighted by molar-refractivity contribution is 5.45. The molecule has 0 amide bonds. The Bertz CT molecular complexity index is 917. The largest absolute Gasteiger partial charge is 0.357 e. The van der Waals surface area contributed by atoms with Crippen molar-refractivity contribution in [2.45, 2.75) is 18.8 Å². The second-order valence-corrected chi connectivity index (χ2v) is 7.76. The van der Waals surface area contributed by atoms with E-state index in [1.165, 1.54) is 31.6 Å². The molecule has 1 saturated carbocycles. The Morgan fingerprint density at radius 2 is 1.69 bits per heavy atom. The van der Waals surface area contributed by atoms with Crippen LogP contribution in [-0.4, -0.2) is 45.7 Å². The SMILES string of the molecule is Cn1c(=O)cc(N2CC3CN(c4cc(C5CC5)ncn4)CC3C2)[nH]c1=O. The van der Waals surface area contributed by atoms with Crippen LogP contribution in [0.4, 0.5) is 11.6 Å². The molecule has 2 aromatic rings. The molecule has 8 heteroatoms. The van der Waals surface area contributed by atoms with Crippen LogP contribution in [0.2, 0.25) is 0 Å². The Morgan fingerprint density at radius 1 is 1.00 bits per heavy atom. The topological polar surface area (TPSA) is 87.1 Å². The number of hydrogen-bond donors (Lipinski definition) is 1. The van der Waals surface area contributed by atoms with Crippen molar-refractivity contribution < 1.29 is 0 Å². The third-order valence-corrected chi connectivity index (χ3v) is 5.95. The fraction of sp³-hybridized carbons (Fsp3) is 0.556. The molecular formula is C18H22N6O2. The van der Waals surface area contributed by atoms with Gasteiger partial charge in [0.05, 0.1) is 0 Å². The highest BCUT2D eigenvalue weighted by Crippen LogP contribution is 2.40. The standard InChI is InChI=1S/C18H22N6O2/c1-22-17(25)5-16(21-18(22)26)24-8-12-6-23(7-13(12)9-24)15-4-14(11-2-3-11)19-10-20-15/h4-5,10-13H,2-3,6-9H2,1H3,(H,21,26). The van der Waals surface area contributed by atoms with E-state index in [1.807, 2.05) is 0 Å². The summed E-state index contributed by atoms with van der Waals surface area (Å²) in [7, 11) is 1.49. The van der Waals surface area contributed by atoms with Crippen LogP contribution in [0.25, 0.3) is 0 Å². The summed E-state index contributed by atoms with van der Waals surface area (Å²) in [5.41, 5.74) is 0.544. The van der Waals surface area contributed by atoms with Gasteiger partial charge in [-0.05, 0) is 12.8 Å². The minimum absolute atomic E-state index is 0.268. The maximum atomic E-state index is 11.9. The van der Waals surface area contributed by atoms with Gasteiger partial charge in [-0.3, -0.25) is 14.3 Å². The monoisotopic (exact) mass is 354 g/mol. The van der Waals surface area contributed by atoms with Gasteiger partial charge < -0.3 is 9.80 Å². The lowest BCUT2D eigenvalue weighted by Gasteiger charge is -2.23. The molecule has 26 heavy (non-hydrogen) atoms. The molecule has 4 heterocycles. The normalized spacial score (nSPS) is 25.0. The maximum Gasteiger partial charge on any atom is 0.329 e. The number of fused-ring (bicyclic) bond motifs is 1. The van der Waals surface area contributed by atoms with Crippen LogP contribution in [0.15, 0.2) is 28.0 Å². The molecule has 1 aliphatic carbocycles. The highest BCUT2D eigenvalue weighted by Gasteiger charge is 2.41. The second-order valence-electron chi connectivity index (χ2n) is 7.76. The fourth-order valence-corrected chi connectivity index (χ4v) is 4.23. The van der Waals surface area contributed by atoms with Crippen molar-refractivity contribution in [2.24, 2.45) is 18.9 Å². The smallest absolute Gasteiger partial charge is 0.329 e. The summed E-state index contributed by atoms with van der Waals surface area (Å²) in [4.78, 5) is 39.9. The van der Waals surface area contributed by atoms with Crippen LogP contribution >= 0.6 is 0 Å². The molecule has 0 aromatic carbocycles. The summed E-state index contributed by atoms with van der Waals surface area (Å²) in [6, 6.07) is 3.67. The van der Waals surface area contributed by atoms with Gasteiger partial charge in [0.1, 0.15) is 18.0 Å². The van der Waals surface area contributed by atoms with E-state index in [9.17, 15) is 9.59 Å². The summed E-state index contributed by atoms with van der Waals surface area (Å²) in [5.74, 6) is 3.33. The number of aromatic nitrogens is 4. The van der Waals surface area contributed by atoms with E-state index < -0.39 is 0 Å². The summed E-state index contributed by atoms with van der Waals surface area (Å²) < 4.78 is 1.09. The van der Waals surface area contributed by atoms with Crippen LogP contribution in [0.3, 0.4) is 0 Å². The van der Waals surface area contributed by atoms with E-state index in [-0.39, 0.29) is 11.2 Å². The Labute approximate surface area is 150 Å². The van der Waals surface area contributed by atoms with Crippen LogP contribution < -0.4 is 21.0 Å². The first kappa shape index (κ1) is 15.6. The van der Waals surface area contributed by atoms with Crippen LogP contribution in [0.5, 0.6) is 0 Å². The molecule has 2 aromatic heterocycles. The molecule has 1 N–H and O–H groups in total. The predicted molar refractivity (Wildman–Crippen MR) is 97.7 cm³/mol. The molecule has 2 atom stereocenters. The van der Waals surface area contributed by atoms with Crippen LogP contribution in [0, 0.1) is 11.8 Å². The molecule has 3 aliphatic rings. The van der Waals surface area contributed by atoms with Gasteiger partial charge in [-0.15, -0.1) is 0 Å². The number of H-pyrrole nitrogens is 1. The number of nitrogens with zero attached hydrogens (tertiary/aromatic N) is 5. The van der Waals surface area contributed by atoms with Gasteiger partial charge in [-0.1, -0.05) is 0 Å². The second kappa shape index (κ2) is 5.69. The quantitative estimate of drug-likeness (QED) is 0.854. The average molecular weight is 354 g/mol. The van der Waals surface area contributed by atoms with E-state index in [2.05, 4.69) is 30.8 Å². The summed E-state index contributed by atoms with van der Waals surface area (Å²) >= 11 is 0. The van der Waals surface area contributed by atoms with Crippen molar-refractivity contribution in [3.05, 3.63) is 45.0 Å². The fourth-order valence-electron chi connectivity index (χ4n) is 4.23. The zero-order chi connectivity index (χ0) is 17.8. The van der Waals surface area contributed by atoms with Gasteiger partial charge in [0.2, 0.25) is 0 Å². The minimum atomic E-state index is -0.361. The lowest BCUT2D eigenvalue weighted by Crippen LogP contribution is -2.36. The summed E-state index contributed by atoms with van der Waals surface area (Å²) in [5, 5.41) is 0. The first-order valence-electron chi connectivity index (χ1n) is 9.20. The average Bonchev–Trinajstić information content (AvgIpc) is 3.29. The van der Waals surface area contributed by atoms with Gasteiger partial charge in [0.25, 0.3) is 5.56 Å². The summed E-state index contributed by atoms with van der Waals surface area (Å²) in [6.45, 7) is 3.62. The van der Waals surface area contributed by atoms with E-state index >= 15 is 0 Å². The molecule has 2 aliphatic heterocycles. The number of aromatic amines is 1. The molecule has 0 spiro atoms. The van der Waals surface area contributed by atoms with Gasteiger partial charge in [0.15, 0.2) is 0 Å². The molecule has 2 unspecified atom stereocenters. The first-order valence-corrected chi connectivity index (χ1v) is 9.20. The molecule has 3 fully saturated rings. The van der Waals surface area contributed by atoms with Crippen molar-refractivity contribution in [2.75, 3.05) is 36.0 Å². The first-order chi connectivity index (χ1) is 12.6. The number of anilines is 2. The molecule has 0 bridgehead atoms. The zero-order valence-electron chi connectivity index (χ0n) is 14.8.